The molecule has 5 heteroatoms. The van der Waals surface area contributed by atoms with Crippen LogP contribution in [0.5, 0.6) is 5.75 Å². The van der Waals surface area contributed by atoms with E-state index in [2.05, 4.69) is 7.05 Å². The van der Waals surface area contributed by atoms with Crippen molar-refractivity contribution < 1.29 is 18.5 Å². The second-order valence-electron chi connectivity index (χ2n) is 5.34. The molecule has 0 fully saturated rings. The Kier molecular flexibility index (Phi) is 3.98. The first-order chi connectivity index (χ1) is 10.7. The number of nitrogens with one attached hydrogen (secondary N) is 1. The molecule has 1 aromatic carbocycles. The van der Waals surface area contributed by atoms with Crippen LogP contribution >= 0.6 is 0 Å². The zero-order valence-corrected chi connectivity index (χ0v) is 12.6. The van der Waals surface area contributed by atoms with Crippen molar-refractivity contribution in [2.75, 3.05) is 14.2 Å². The SMILES string of the molecule is COc1ccc2c(C[NH+](C)Cc3ccco3)cc(=O)oc2c1. The van der Waals surface area contributed by atoms with Crippen molar-refractivity contribution in [3.63, 3.8) is 0 Å². The van der Waals surface area contributed by atoms with Crippen LogP contribution in [0, 0.1) is 0 Å². The molecule has 0 aliphatic carbocycles. The van der Waals surface area contributed by atoms with Crippen LogP contribution < -0.4 is 15.3 Å². The van der Waals surface area contributed by atoms with E-state index in [1.54, 1.807) is 25.5 Å². The third-order valence-electron chi connectivity index (χ3n) is 3.59. The highest BCUT2D eigenvalue weighted by atomic mass is 16.5. The highest BCUT2D eigenvalue weighted by molar-refractivity contribution is 5.81. The van der Waals surface area contributed by atoms with Gasteiger partial charge in [0.25, 0.3) is 0 Å². The van der Waals surface area contributed by atoms with Crippen LogP contribution in [-0.4, -0.2) is 14.2 Å². The maximum absolute atomic E-state index is 11.8. The van der Waals surface area contributed by atoms with Crippen molar-refractivity contribution in [3.8, 4) is 5.75 Å². The monoisotopic (exact) mass is 300 g/mol. The van der Waals surface area contributed by atoms with Crippen LogP contribution in [0.15, 0.2) is 56.3 Å². The Morgan fingerprint density at radius 2 is 2.05 bits per heavy atom. The summed E-state index contributed by atoms with van der Waals surface area (Å²) in [6, 6.07) is 10.9. The van der Waals surface area contributed by atoms with E-state index in [0.29, 0.717) is 17.9 Å². The zero-order chi connectivity index (χ0) is 15.5. The Morgan fingerprint density at radius 1 is 1.18 bits per heavy atom. The Labute approximate surface area is 127 Å². The van der Waals surface area contributed by atoms with Crippen LogP contribution in [0.2, 0.25) is 0 Å². The van der Waals surface area contributed by atoms with Crippen LogP contribution in [0.25, 0.3) is 11.0 Å². The van der Waals surface area contributed by atoms with Crippen molar-refractivity contribution in [3.05, 3.63) is 64.4 Å². The molecule has 2 aromatic heterocycles. The second kappa shape index (κ2) is 6.07. The lowest BCUT2D eigenvalue weighted by molar-refractivity contribution is -0.908. The topological polar surface area (TPSA) is 57.0 Å². The number of methoxy groups -OCH3 is 1. The van der Waals surface area contributed by atoms with Gasteiger partial charge in [0.15, 0.2) is 5.76 Å². The van der Waals surface area contributed by atoms with Crippen molar-refractivity contribution in [1.82, 2.24) is 0 Å². The van der Waals surface area contributed by atoms with Gasteiger partial charge >= 0.3 is 5.63 Å². The van der Waals surface area contributed by atoms with E-state index in [1.807, 2.05) is 24.3 Å². The minimum atomic E-state index is -0.346. The molecule has 3 aromatic rings. The van der Waals surface area contributed by atoms with Crippen molar-refractivity contribution in [2.24, 2.45) is 0 Å². The third-order valence-corrected chi connectivity index (χ3v) is 3.59. The Balaban J connectivity index is 1.90. The number of furan rings is 1. The summed E-state index contributed by atoms with van der Waals surface area (Å²) in [5.41, 5.74) is 1.16. The standard InChI is InChI=1S/C17H17NO4/c1-18(11-14-4-3-7-21-14)10-12-8-17(19)22-16-9-13(20-2)5-6-15(12)16/h3-9H,10-11H2,1-2H3/p+1. The summed E-state index contributed by atoms with van der Waals surface area (Å²) in [4.78, 5) is 13.0. The quantitative estimate of drug-likeness (QED) is 0.727. The average molecular weight is 300 g/mol. The fourth-order valence-corrected chi connectivity index (χ4v) is 2.58. The molecular formula is C17H18NO4+. The fraction of sp³-hybridized carbons (Fsp3) is 0.235. The molecular weight excluding hydrogens is 282 g/mol. The molecule has 1 unspecified atom stereocenters. The van der Waals surface area contributed by atoms with E-state index in [9.17, 15) is 4.79 Å². The van der Waals surface area contributed by atoms with Crippen LogP contribution in [0.4, 0.5) is 0 Å². The van der Waals surface area contributed by atoms with Crippen molar-refractivity contribution in [2.45, 2.75) is 13.1 Å². The number of benzene rings is 1. The first-order valence-electron chi connectivity index (χ1n) is 7.10. The number of quaternary nitrogens is 1. The van der Waals surface area contributed by atoms with Gasteiger partial charge in [-0.1, -0.05) is 0 Å². The summed E-state index contributed by atoms with van der Waals surface area (Å²) in [6.07, 6.45) is 1.67. The summed E-state index contributed by atoms with van der Waals surface area (Å²) in [6.45, 7) is 1.46. The van der Waals surface area contributed by atoms with Crippen LogP contribution in [-0.2, 0) is 13.1 Å². The van der Waals surface area contributed by atoms with E-state index in [4.69, 9.17) is 13.6 Å². The van der Waals surface area contributed by atoms with Gasteiger partial charge in [0.05, 0.1) is 20.4 Å². The molecule has 2 heterocycles. The first-order valence-corrected chi connectivity index (χ1v) is 7.10. The normalized spacial score (nSPS) is 12.5. The van der Waals surface area contributed by atoms with E-state index in [1.165, 1.54) is 4.90 Å². The molecule has 0 bridgehead atoms. The van der Waals surface area contributed by atoms with E-state index in [0.717, 1.165) is 23.3 Å². The molecule has 114 valence electrons. The smallest absolute Gasteiger partial charge is 0.336 e. The van der Waals surface area contributed by atoms with Crippen LogP contribution in [0.3, 0.4) is 0 Å². The Hall–Kier alpha value is -2.53. The number of hydrogen-bond donors (Lipinski definition) is 1. The number of hydrogen-bond acceptors (Lipinski definition) is 4. The van der Waals surface area contributed by atoms with Gasteiger partial charge in [-0.25, -0.2) is 4.79 Å². The molecule has 1 atom stereocenters. The average Bonchev–Trinajstić information content (AvgIpc) is 2.99. The predicted octanol–water partition coefficient (Wildman–Crippen LogP) is 1.61. The summed E-state index contributed by atoms with van der Waals surface area (Å²) in [7, 11) is 3.65. The van der Waals surface area contributed by atoms with Gasteiger partial charge in [0.1, 0.15) is 24.4 Å². The van der Waals surface area contributed by atoms with Gasteiger partial charge in [-0.15, -0.1) is 0 Å². The molecule has 0 saturated carbocycles. The van der Waals surface area contributed by atoms with Gasteiger partial charge in [-0.3, -0.25) is 0 Å². The molecule has 5 nitrogen and oxygen atoms in total. The number of rotatable bonds is 5. The fourth-order valence-electron chi connectivity index (χ4n) is 2.58. The second-order valence-corrected chi connectivity index (χ2v) is 5.34. The molecule has 0 radical (unpaired) electrons. The van der Waals surface area contributed by atoms with Crippen molar-refractivity contribution >= 4 is 11.0 Å². The maximum atomic E-state index is 11.8. The lowest BCUT2D eigenvalue weighted by atomic mass is 10.1. The summed E-state index contributed by atoms with van der Waals surface area (Å²) in [5.74, 6) is 1.59. The van der Waals surface area contributed by atoms with Gasteiger partial charge in [0.2, 0.25) is 0 Å². The zero-order valence-electron chi connectivity index (χ0n) is 12.6. The van der Waals surface area contributed by atoms with Gasteiger partial charge in [0, 0.05) is 23.1 Å². The molecule has 0 spiro atoms. The summed E-state index contributed by atoms with van der Waals surface area (Å²) < 4.78 is 15.8. The highest BCUT2D eigenvalue weighted by Gasteiger charge is 2.12. The molecule has 0 saturated heterocycles. The molecule has 0 aliphatic heterocycles. The molecule has 0 aliphatic rings. The largest absolute Gasteiger partial charge is 0.497 e. The highest BCUT2D eigenvalue weighted by Crippen LogP contribution is 2.22. The van der Waals surface area contributed by atoms with E-state index < -0.39 is 0 Å². The summed E-state index contributed by atoms with van der Waals surface area (Å²) >= 11 is 0. The lowest BCUT2D eigenvalue weighted by Gasteiger charge is -2.13. The summed E-state index contributed by atoms with van der Waals surface area (Å²) in [5, 5.41) is 0.930. The van der Waals surface area contributed by atoms with Crippen molar-refractivity contribution in [1.29, 1.82) is 0 Å². The van der Waals surface area contributed by atoms with Crippen LogP contribution in [0.1, 0.15) is 11.3 Å². The molecule has 1 N–H and O–H groups in total. The molecule has 0 amide bonds. The van der Waals surface area contributed by atoms with Gasteiger partial charge in [-0.05, 0) is 24.3 Å². The van der Waals surface area contributed by atoms with E-state index >= 15 is 0 Å². The third kappa shape index (κ3) is 3.04. The number of fused-ring (bicyclic) bond motifs is 1. The predicted molar refractivity (Wildman–Crippen MR) is 82.0 cm³/mol. The molecule has 22 heavy (non-hydrogen) atoms. The molecule has 3 rings (SSSR count). The Bertz CT molecular complexity index is 820. The first kappa shape index (κ1) is 14.4. The Morgan fingerprint density at radius 3 is 2.77 bits per heavy atom. The minimum Gasteiger partial charge on any atom is -0.497 e. The maximum Gasteiger partial charge on any atom is 0.336 e. The van der Waals surface area contributed by atoms with Gasteiger partial charge < -0.3 is 18.5 Å². The minimum absolute atomic E-state index is 0.346. The van der Waals surface area contributed by atoms with Gasteiger partial charge in [-0.2, -0.15) is 0 Å². The lowest BCUT2D eigenvalue weighted by Crippen LogP contribution is -3.06. The van der Waals surface area contributed by atoms with E-state index in [-0.39, 0.29) is 5.63 Å². The number of ether oxygens (including phenoxy) is 1.